The number of nitrogens with zero attached hydrogens (tertiary/aromatic N) is 2. The average Bonchev–Trinajstić information content (AvgIpc) is 3.24. The van der Waals surface area contributed by atoms with E-state index < -0.39 is 11.8 Å². The van der Waals surface area contributed by atoms with Crippen LogP contribution in [-0.2, 0) is 19.1 Å². The molecule has 1 atom stereocenters. The second-order valence-electron chi connectivity index (χ2n) is 6.31. The molecule has 2 heterocycles. The molecule has 3 amide bonds. The van der Waals surface area contributed by atoms with Crippen molar-refractivity contribution in [1.29, 1.82) is 0 Å². The van der Waals surface area contributed by atoms with E-state index in [1.54, 1.807) is 4.90 Å². The fourth-order valence-electron chi connectivity index (χ4n) is 2.88. The number of hydrogen-bond acceptors (Lipinski definition) is 6. The molecule has 2 aromatic rings. The summed E-state index contributed by atoms with van der Waals surface area (Å²) in [6.45, 7) is 1.78. The Morgan fingerprint density at radius 2 is 1.96 bits per heavy atom. The Balaban J connectivity index is 1.37. The van der Waals surface area contributed by atoms with Crippen molar-refractivity contribution in [1.82, 2.24) is 15.4 Å². The van der Waals surface area contributed by atoms with Crippen LogP contribution in [-0.4, -0.2) is 54.0 Å². The molecule has 1 aromatic carbocycles. The minimum atomic E-state index is -0.834. The van der Waals surface area contributed by atoms with Crippen molar-refractivity contribution in [3.63, 3.8) is 0 Å². The normalized spacial score (nSPS) is 16.4. The summed E-state index contributed by atoms with van der Waals surface area (Å²) in [6.07, 6.45) is 1.88. The lowest BCUT2D eigenvalue weighted by Gasteiger charge is -2.33. The second-order valence-corrected chi connectivity index (χ2v) is 6.31. The van der Waals surface area contributed by atoms with Crippen LogP contribution in [0.5, 0.6) is 0 Å². The lowest BCUT2D eigenvalue weighted by Crippen LogP contribution is -2.42. The molecule has 0 aliphatic carbocycles. The molecule has 9 heteroatoms. The molecule has 1 aliphatic rings. The van der Waals surface area contributed by atoms with Crippen LogP contribution in [0.1, 0.15) is 24.5 Å². The predicted octanol–water partition coefficient (Wildman–Crippen LogP) is 1.11. The smallest absolute Gasteiger partial charge is 0.314 e. The van der Waals surface area contributed by atoms with Crippen molar-refractivity contribution in [3.8, 4) is 0 Å². The monoisotopic (exact) mass is 386 g/mol. The van der Waals surface area contributed by atoms with Gasteiger partial charge in [-0.15, -0.1) is 0 Å². The van der Waals surface area contributed by atoms with E-state index in [1.165, 1.54) is 12.3 Å². The number of nitrogens with one attached hydrogen (secondary N) is 2. The van der Waals surface area contributed by atoms with Crippen LogP contribution in [0.2, 0.25) is 0 Å². The summed E-state index contributed by atoms with van der Waals surface area (Å²) in [5, 5.41) is 8.27. The van der Waals surface area contributed by atoms with Gasteiger partial charge in [0.15, 0.2) is 5.82 Å². The third-order valence-corrected chi connectivity index (χ3v) is 4.33. The van der Waals surface area contributed by atoms with Crippen LogP contribution in [0.4, 0.5) is 5.82 Å². The van der Waals surface area contributed by atoms with Gasteiger partial charge in [-0.05, 0) is 12.0 Å². The highest BCUT2D eigenvalue weighted by Crippen LogP contribution is 2.22. The van der Waals surface area contributed by atoms with Gasteiger partial charge in [0, 0.05) is 25.6 Å². The van der Waals surface area contributed by atoms with Crippen molar-refractivity contribution in [2.75, 3.05) is 31.6 Å². The molecule has 0 bridgehead atoms. The van der Waals surface area contributed by atoms with Crippen molar-refractivity contribution >= 4 is 23.5 Å². The number of ether oxygens (including phenoxy) is 1. The summed E-state index contributed by atoms with van der Waals surface area (Å²) in [7, 11) is 0. The van der Waals surface area contributed by atoms with Gasteiger partial charge >= 0.3 is 11.8 Å². The number of amides is 3. The molecule has 1 aromatic heterocycles. The molecular formula is C19H22N4O5. The zero-order valence-electron chi connectivity index (χ0n) is 15.3. The molecule has 148 valence electrons. The first-order chi connectivity index (χ1) is 13.6. The fraction of sp³-hybridized carbons (Fsp3) is 0.368. The van der Waals surface area contributed by atoms with E-state index in [0.717, 1.165) is 5.56 Å². The molecular weight excluding hydrogens is 364 g/mol. The topological polar surface area (TPSA) is 114 Å². The van der Waals surface area contributed by atoms with Crippen LogP contribution in [0.25, 0.3) is 0 Å². The fourth-order valence-corrected chi connectivity index (χ4v) is 2.88. The lowest BCUT2D eigenvalue weighted by molar-refractivity contribution is -0.139. The van der Waals surface area contributed by atoms with E-state index in [1.807, 2.05) is 30.3 Å². The Kier molecular flexibility index (Phi) is 6.74. The number of hydrogen-bond donors (Lipinski definition) is 2. The van der Waals surface area contributed by atoms with Gasteiger partial charge in [-0.2, -0.15) is 0 Å². The minimum absolute atomic E-state index is 0.00512. The number of morpholine rings is 1. The molecule has 0 radical (unpaired) electrons. The highest BCUT2D eigenvalue weighted by Gasteiger charge is 2.25. The number of rotatable bonds is 6. The van der Waals surface area contributed by atoms with Crippen molar-refractivity contribution < 1.29 is 23.6 Å². The Bertz CT molecular complexity index is 794. The molecule has 3 rings (SSSR count). The van der Waals surface area contributed by atoms with Crippen molar-refractivity contribution in [2.45, 2.75) is 18.9 Å². The van der Waals surface area contributed by atoms with Gasteiger partial charge in [0.1, 0.15) is 12.4 Å². The highest BCUT2D eigenvalue weighted by atomic mass is 16.5. The largest absolute Gasteiger partial charge is 0.370 e. The third-order valence-electron chi connectivity index (χ3n) is 4.33. The summed E-state index contributed by atoms with van der Waals surface area (Å²) in [4.78, 5) is 37.6. The molecule has 0 spiro atoms. The van der Waals surface area contributed by atoms with Crippen molar-refractivity contribution in [2.24, 2.45) is 0 Å². The Labute approximate surface area is 162 Å². The summed E-state index contributed by atoms with van der Waals surface area (Å²) in [5.41, 5.74) is 1.05. The van der Waals surface area contributed by atoms with E-state index in [4.69, 9.17) is 4.74 Å². The van der Waals surface area contributed by atoms with Crippen LogP contribution in [0.3, 0.4) is 0 Å². The first kappa shape index (κ1) is 19.6. The van der Waals surface area contributed by atoms with Gasteiger partial charge in [0.05, 0.1) is 13.2 Å². The van der Waals surface area contributed by atoms with E-state index >= 15 is 0 Å². The first-order valence-electron chi connectivity index (χ1n) is 9.07. The molecule has 2 N–H and O–H groups in total. The van der Waals surface area contributed by atoms with Crippen LogP contribution < -0.4 is 10.6 Å². The maximum atomic E-state index is 12.4. The van der Waals surface area contributed by atoms with Crippen LogP contribution >= 0.6 is 0 Å². The summed E-state index contributed by atoms with van der Waals surface area (Å²) in [6, 6.07) is 11.2. The number of aromatic nitrogens is 1. The van der Waals surface area contributed by atoms with E-state index in [0.29, 0.717) is 26.1 Å². The summed E-state index contributed by atoms with van der Waals surface area (Å²) >= 11 is 0. The minimum Gasteiger partial charge on any atom is -0.370 e. The van der Waals surface area contributed by atoms with Gasteiger partial charge in [0.2, 0.25) is 5.91 Å². The molecule has 1 saturated heterocycles. The van der Waals surface area contributed by atoms with Gasteiger partial charge < -0.3 is 19.5 Å². The van der Waals surface area contributed by atoms with E-state index in [9.17, 15) is 14.4 Å². The Hall–Kier alpha value is -3.20. The van der Waals surface area contributed by atoms with Gasteiger partial charge in [-0.3, -0.25) is 19.7 Å². The van der Waals surface area contributed by atoms with Crippen molar-refractivity contribution in [3.05, 3.63) is 48.2 Å². The molecule has 1 fully saturated rings. The average molecular weight is 386 g/mol. The highest BCUT2D eigenvalue weighted by molar-refractivity contribution is 6.39. The number of benzene rings is 1. The van der Waals surface area contributed by atoms with Gasteiger partial charge in [-0.25, -0.2) is 0 Å². The maximum absolute atomic E-state index is 12.4. The Morgan fingerprint density at radius 3 is 2.71 bits per heavy atom. The molecule has 1 aliphatic heterocycles. The standard InChI is InChI=1S/C19H22N4O5/c24-17(23-10-12-27-15(13-23)14-5-2-1-3-6-14)7-4-9-20-18(25)19(26)21-16-8-11-28-22-16/h1-3,5-6,8,11,15H,4,7,9-10,12-13H2,(H,20,25)(H,21,22,26). The van der Waals surface area contributed by atoms with Gasteiger partial charge in [-0.1, -0.05) is 35.5 Å². The number of anilines is 1. The number of carbonyl (C=O) groups is 3. The molecule has 1 unspecified atom stereocenters. The SMILES string of the molecule is O=C(NCCCC(=O)N1CCOC(c2ccccc2)C1)C(=O)Nc1ccon1. The summed E-state index contributed by atoms with van der Waals surface area (Å²) in [5.74, 6) is -1.45. The van der Waals surface area contributed by atoms with Crippen LogP contribution in [0, 0.1) is 0 Å². The quantitative estimate of drug-likeness (QED) is 0.568. The van der Waals surface area contributed by atoms with E-state index in [-0.39, 0.29) is 30.8 Å². The Morgan fingerprint density at radius 1 is 1.14 bits per heavy atom. The van der Waals surface area contributed by atoms with Gasteiger partial charge in [0.25, 0.3) is 0 Å². The predicted molar refractivity (Wildman–Crippen MR) is 99.1 cm³/mol. The summed E-state index contributed by atoms with van der Waals surface area (Å²) < 4.78 is 10.3. The zero-order valence-corrected chi connectivity index (χ0v) is 15.3. The third kappa shape index (κ3) is 5.40. The second kappa shape index (κ2) is 9.65. The molecule has 28 heavy (non-hydrogen) atoms. The maximum Gasteiger partial charge on any atom is 0.314 e. The molecule has 9 nitrogen and oxygen atoms in total. The molecule has 0 saturated carbocycles. The number of carbonyl (C=O) groups excluding carboxylic acids is 3. The van der Waals surface area contributed by atoms with Crippen LogP contribution in [0.15, 0.2) is 47.2 Å². The zero-order chi connectivity index (χ0) is 19.8. The lowest BCUT2D eigenvalue weighted by atomic mass is 10.1. The van der Waals surface area contributed by atoms with E-state index in [2.05, 4.69) is 20.3 Å². The first-order valence-corrected chi connectivity index (χ1v) is 9.07.